The van der Waals surface area contributed by atoms with Gasteiger partial charge >= 0.3 is 0 Å². The van der Waals surface area contributed by atoms with Crippen molar-refractivity contribution in [3.8, 4) is 0 Å². The number of amides is 1. The molecule has 1 aliphatic rings. The summed E-state index contributed by atoms with van der Waals surface area (Å²) in [5.41, 5.74) is 0. The molecule has 1 amide bonds. The second-order valence-electron chi connectivity index (χ2n) is 3.31. The Balaban J connectivity index is 2.11. The van der Waals surface area contributed by atoms with E-state index >= 15 is 0 Å². The van der Waals surface area contributed by atoms with Crippen LogP contribution < -0.4 is 5.32 Å². The Morgan fingerprint density at radius 2 is 2.21 bits per heavy atom. The van der Waals surface area contributed by atoms with Gasteiger partial charge in [-0.05, 0) is 0 Å². The zero-order valence-electron chi connectivity index (χ0n) is 8.10. The maximum Gasteiger partial charge on any atom is 0.291 e. The van der Waals surface area contributed by atoms with E-state index in [2.05, 4.69) is 15.5 Å². The van der Waals surface area contributed by atoms with Crippen LogP contribution in [-0.4, -0.2) is 51.8 Å². The fraction of sp³-hybridized carbons (Fsp3) is 0.625. The van der Waals surface area contributed by atoms with E-state index in [0.29, 0.717) is 5.82 Å². The standard InChI is InChI=1S/C8H13N5O/c1-12-6-10-11-7(12)8(14)13-4-2-9-3-5-13/h6,9H,2-5H2,1H3. The van der Waals surface area contributed by atoms with Gasteiger partial charge in [-0.1, -0.05) is 0 Å². The second kappa shape index (κ2) is 3.75. The van der Waals surface area contributed by atoms with Crippen molar-refractivity contribution in [2.75, 3.05) is 26.2 Å². The van der Waals surface area contributed by atoms with Crippen molar-refractivity contribution in [2.24, 2.45) is 7.05 Å². The van der Waals surface area contributed by atoms with Gasteiger partial charge in [-0.25, -0.2) is 0 Å². The topological polar surface area (TPSA) is 63.1 Å². The van der Waals surface area contributed by atoms with Crippen molar-refractivity contribution in [2.45, 2.75) is 0 Å². The van der Waals surface area contributed by atoms with Crippen molar-refractivity contribution in [3.63, 3.8) is 0 Å². The lowest BCUT2D eigenvalue weighted by Gasteiger charge is -2.26. The smallest absolute Gasteiger partial charge is 0.291 e. The summed E-state index contributed by atoms with van der Waals surface area (Å²) in [5.74, 6) is 0.374. The second-order valence-corrected chi connectivity index (χ2v) is 3.31. The van der Waals surface area contributed by atoms with E-state index < -0.39 is 0 Å². The maximum atomic E-state index is 11.9. The quantitative estimate of drug-likeness (QED) is 0.615. The van der Waals surface area contributed by atoms with Crippen LogP contribution in [-0.2, 0) is 7.05 Å². The zero-order valence-corrected chi connectivity index (χ0v) is 8.10. The Bertz CT molecular complexity index is 328. The summed E-state index contributed by atoms with van der Waals surface area (Å²) in [5, 5.41) is 10.7. The molecule has 1 aliphatic heterocycles. The molecule has 0 aliphatic carbocycles. The summed E-state index contributed by atoms with van der Waals surface area (Å²) in [6.07, 6.45) is 1.54. The number of aromatic nitrogens is 3. The van der Waals surface area contributed by atoms with Gasteiger partial charge in [0.1, 0.15) is 6.33 Å². The molecule has 6 heteroatoms. The number of aryl methyl sites for hydroxylation is 1. The Kier molecular flexibility index (Phi) is 2.45. The molecule has 14 heavy (non-hydrogen) atoms. The number of carbonyl (C=O) groups excluding carboxylic acids is 1. The molecule has 1 aromatic heterocycles. The highest BCUT2D eigenvalue weighted by molar-refractivity contribution is 5.90. The first kappa shape index (κ1) is 9.14. The van der Waals surface area contributed by atoms with E-state index in [9.17, 15) is 4.79 Å². The molecular weight excluding hydrogens is 182 g/mol. The van der Waals surface area contributed by atoms with Crippen LogP contribution in [0.2, 0.25) is 0 Å². The Morgan fingerprint density at radius 3 is 2.79 bits per heavy atom. The number of rotatable bonds is 1. The van der Waals surface area contributed by atoms with Crippen LogP contribution in [0.4, 0.5) is 0 Å². The summed E-state index contributed by atoms with van der Waals surface area (Å²) in [4.78, 5) is 13.6. The summed E-state index contributed by atoms with van der Waals surface area (Å²) < 4.78 is 1.64. The van der Waals surface area contributed by atoms with Crippen LogP contribution in [0.3, 0.4) is 0 Å². The molecule has 0 saturated carbocycles. The van der Waals surface area contributed by atoms with Gasteiger partial charge < -0.3 is 14.8 Å². The highest BCUT2D eigenvalue weighted by Crippen LogP contribution is 2.01. The minimum absolute atomic E-state index is 0.0356. The van der Waals surface area contributed by atoms with Gasteiger partial charge in [0.05, 0.1) is 0 Å². The number of nitrogens with one attached hydrogen (secondary N) is 1. The van der Waals surface area contributed by atoms with Crippen molar-refractivity contribution < 1.29 is 4.79 Å². The third-order valence-corrected chi connectivity index (χ3v) is 2.31. The predicted molar refractivity (Wildman–Crippen MR) is 49.8 cm³/mol. The van der Waals surface area contributed by atoms with Gasteiger partial charge in [0.15, 0.2) is 0 Å². The van der Waals surface area contributed by atoms with Crippen LogP contribution in [0.5, 0.6) is 0 Å². The third-order valence-electron chi connectivity index (χ3n) is 2.31. The molecule has 1 aromatic rings. The van der Waals surface area contributed by atoms with E-state index in [4.69, 9.17) is 0 Å². The Morgan fingerprint density at radius 1 is 1.50 bits per heavy atom. The van der Waals surface area contributed by atoms with Crippen molar-refractivity contribution in [3.05, 3.63) is 12.2 Å². The molecule has 0 unspecified atom stereocenters. The SMILES string of the molecule is Cn1cnnc1C(=O)N1CCNCC1. The van der Waals surface area contributed by atoms with Gasteiger partial charge in [0.25, 0.3) is 5.91 Å². The van der Waals surface area contributed by atoms with E-state index in [1.807, 2.05) is 0 Å². The fourth-order valence-electron chi connectivity index (χ4n) is 1.49. The molecular formula is C8H13N5O. The molecule has 2 heterocycles. The number of piperazine rings is 1. The van der Waals surface area contributed by atoms with E-state index in [-0.39, 0.29) is 5.91 Å². The summed E-state index contributed by atoms with van der Waals surface area (Å²) in [6.45, 7) is 3.19. The molecule has 0 radical (unpaired) electrons. The molecule has 1 N–H and O–H groups in total. The molecule has 0 spiro atoms. The fourth-order valence-corrected chi connectivity index (χ4v) is 1.49. The Labute approximate surface area is 81.9 Å². The summed E-state index contributed by atoms with van der Waals surface area (Å²) >= 11 is 0. The number of carbonyl (C=O) groups is 1. The lowest BCUT2D eigenvalue weighted by atomic mass is 10.3. The molecule has 76 valence electrons. The Hall–Kier alpha value is -1.43. The molecule has 1 saturated heterocycles. The highest BCUT2D eigenvalue weighted by atomic mass is 16.2. The van der Waals surface area contributed by atoms with E-state index in [1.54, 1.807) is 16.5 Å². The average Bonchev–Trinajstić information content (AvgIpc) is 2.65. The number of hydrogen-bond donors (Lipinski definition) is 1. The summed E-state index contributed by atoms with van der Waals surface area (Å²) in [7, 11) is 1.77. The molecule has 6 nitrogen and oxygen atoms in total. The van der Waals surface area contributed by atoms with Crippen LogP contribution in [0.1, 0.15) is 10.6 Å². The van der Waals surface area contributed by atoms with Gasteiger partial charge in [-0.15, -0.1) is 10.2 Å². The minimum Gasteiger partial charge on any atom is -0.333 e. The van der Waals surface area contributed by atoms with Crippen LogP contribution in [0, 0.1) is 0 Å². The lowest BCUT2D eigenvalue weighted by Crippen LogP contribution is -2.47. The first-order valence-corrected chi connectivity index (χ1v) is 4.63. The van der Waals surface area contributed by atoms with Gasteiger partial charge in [-0.3, -0.25) is 4.79 Å². The highest BCUT2D eigenvalue weighted by Gasteiger charge is 2.21. The monoisotopic (exact) mass is 195 g/mol. The van der Waals surface area contributed by atoms with Gasteiger partial charge in [0, 0.05) is 33.2 Å². The van der Waals surface area contributed by atoms with E-state index in [0.717, 1.165) is 26.2 Å². The largest absolute Gasteiger partial charge is 0.333 e. The van der Waals surface area contributed by atoms with Gasteiger partial charge in [-0.2, -0.15) is 0 Å². The first-order valence-electron chi connectivity index (χ1n) is 4.63. The zero-order chi connectivity index (χ0) is 9.97. The third kappa shape index (κ3) is 1.60. The molecule has 0 aromatic carbocycles. The van der Waals surface area contributed by atoms with Crippen LogP contribution >= 0.6 is 0 Å². The van der Waals surface area contributed by atoms with Crippen molar-refractivity contribution in [1.82, 2.24) is 25.0 Å². The molecule has 0 bridgehead atoms. The molecule has 1 fully saturated rings. The first-order chi connectivity index (χ1) is 6.79. The number of nitrogens with zero attached hydrogens (tertiary/aromatic N) is 4. The van der Waals surface area contributed by atoms with Crippen molar-refractivity contribution >= 4 is 5.91 Å². The number of hydrogen-bond acceptors (Lipinski definition) is 4. The summed E-state index contributed by atoms with van der Waals surface area (Å²) in [6, 6.07) is 0. The molecule has 0 atom stereocenters. The average molecular weight is 195 g/mol. The predicted octanol–water partition coefficient (Wildman–Crippen LogP) is -1.14. The normalized spacial score (nSPS) is 17.1. The maximum absolute atomic E-state index is 11.9. The van der Waals surface area contributed by atoms with Crippen LogP contribution in [0.15, 0.2) is 6.33 Å². The lowest BCUT2D eigenvalue weighted by molar-refractivity contribution is 0.0719. The van der Waals surface area contributed by atoms with Crippen molar-refractivity contribution in [1.29, 1.82) is 0 Å². The molecule has 2 rings (SSSR count). The van der Waals surface area contributed by atoms with Crippen LogP contribution in [0.25, 0.3) is 0 Å². The van der Waals surface area contributed by atoms with Gasteiger partial charge in [0.2, 0.25) is 5.82 Å². The minimum atomic E-state index is -0.0356. The van der Waals surface area contributed by atoms with E-state index in [1.165, 1.54) is 6.33 Å².